The highest BCUT2D eigenvalue weighted by Gasteiger charge is 2.27. The second kappa shape index (κ2) is 19.6. The summed E-state index contributed by atoms with van der Waals surface area (Å²) in [6.07, 6.45) is -1.03. The van der Waals surface area contributed by atoms with Crippen LogP contribution in [0.15, 0.2) is 119 Å². The van der Waals surface area contributed by atoms with E-state index in [0.29, 0.717) is 15.8 Å². The van der Waals surface area contributed by atoms with Crippen molar-refractivity contribution in [2.75, 3.05) is 32.6 Å². The van der Waals surface area contributed by atoms with Crippen LogP contribution in [0, 0.1) is 17.1 Å². The lowest BCUT2D eigenvalue weighted by Gasteiger charge is -2.17. The van der Waals surface area contributed by atoms with Gasteiger partial charge in [0.2, 0.25) is 0 Å². The van der Waals surface area contributed by atoms with Crippen LogP contribution in [0.4, 0.5) is 4.39 Å². The molecule has 1 aromatic heterocycles. The minimum Gasteiger partial charge on any atom is -0.488 e. The Hall–Kier alpha value is -5.99. The Morgan fingerprint density at radius 1 is 0.831 bits per heavy atom. The standard InChI is InChI=1S/C41H38FN4O10PS2/c42-34-22-32(15-14-30(34)24-44)56-57(48,49)27-46-59(50,51)39-21-31-20-36(37(52-18-16-43)23-38(31)58-39)53-19-17-45-41(47)33-12-7-13-35(54-25-28-8-3-1-4-9-28)40(33)55-26-29-10-5-2-6-11-29/h1-15,20-23,46H,16-19,25-27,43H2,(H,45,47)(H,48,49). The molecule has 5 aromatic carbocycles. The summed E-state index contributed by atoms with van der Waals surface area (Å²) >= 11 is 0.869. The number of ether oxygens (including phenoxy) is 4. The van der Waals surface area contributed by atoms with Crippen molar-refractivity contribution in [3.63, 3.8) is 0 Å². The van der Waals surface area contributed by atoms with Gasteiger partial charge in [0.15, 0.2) is 23.0 Å². The van der Waals surface area contributed by atoms with Crippen molar-refractivity contribution in [3.05, 3.63) is 143 Å². The van der Waals surface area contributed by atoms with E-state index < -0.39 is 35.6 Å². The molecule has 5 N–H and O–H groups in total. The third kappa shape index (κ3) is 11.6. The molecule has 0 aliphatic rings. The number of nitrogens with zero attached hydrogens (tertiary/aromatic N) is 1. The fourth-order valence-electron chi connectivity index (χ4n) is 5.47. The predicted molar refractivity (Wildman–Crippen MR) is 219 cm³/mol. The maximum Gasteiger partial charge on any atom is 0.391 e. The molecular weight excluding hydrogens is 823 g/mol. The van der Waals surface area contributed by atoms with E-state index in [2.05, 4.69) is 10.0 Å². The van der Waals surface area contributed by atoms with E-state index in [1.165, 1.54) is 6.07 Å². The molecule has 0 spiro atoms. The zero-order chi connectivity index (χ0) is 41.8. The number of hydrogen-bond donors (Lipinski definition) is 4. The van der Waals surface area contributed by atoms with Crippen LogP contribution in [-0.2, 0) is 27.8 Å². The second-order valence-corrected chi connectivity index (χ2v) is 17.5. The van der Waals surface area contributed by atoms with Gasteiger partial charge >= 0.3 is 7.60 Å². The number of sulfonamides is 1. The molecule has 1 unspecified atom stereocenters. The molecule has 0 saturated heterocycles. The number of rotatable bonds is 20. The van der Waals surface area contributed by atoms with Crippen LogP contribution in [0.2, 0.25) is 0 Å². The van der Waals surface area contributed by atoms with Crippen molar-refractivity contribution in [3.8, 4) is 34.8 Å². The predicted octanol–water partition coefficient (Wildman–Crippen LogP) is 6.72. The number of thiophene rings is 1. The van der Waals surface area contributed by atoms with Gasteiger partial charge in [-0.25, -0.2) is 17.4 Å². The average molecular weight is 861 g/mol. The molecule has 0 aliphatic carbocycles. The van der Waals surface area contributed by atoms with Gasteiger partial charge in [0, 0.05) is 23.4 Å². The average Bonchev–Trinajstić information content (AvgIpc) is 3.67. The van der Waals surface area contributed by atoms with Crippen molar-refractivity contribution < 1.29 is 50.5 Å². The van der Waals surface area contributed by atoms with Gasteiger partial charge in [0.25, 0.3) is 15.9 Å². The first-order chi connectivity index (χ1) is 28.4. The maximum atomic E-state index is 14.0. The quantitative estimate of drug-likeness (QED) is 0.0466. The minimum atomic E-state index is -4.65. The molecule has 0 saturated carbocycles. The molecule has 18 heteroatoms. The molecule has 1 amide bonds. The SMILES string of the molecule is N#Cc1ccc(OP(=O)(O)CNS(=O)(=O)c2cc3cc(OCCNC(=O)c4cccc(OCc5ccccc5)c4OCc4ccccc4)c(OCCN)cc3s2)cc1F. The normalized spacial score (nSPS) is 12.2. The van der Waals surface area contributed by atoms with Crippen LogP contribution in [0.5, 0.6) is 28.7 Å². The van der Waals surface area contributed by atoms with Crippen molar-refractivity contribution in [2.24, 2.45) is 5.73 Å². The van der Waals surface area contributed by atoms with Crippen LogP contribution in [0.3, 0.4) is 0 Å². The monoisotopic (exact) mass is 860 g/mol. The van der Waals surface area contributed by atoms with Crippen LogP contribution in [-0.4, -0.2) is 51.8 Å². The maximum absolute atomic E-state index is 14.0. The van der Waals surface area contributed by atoms with Crippen molar-refractivity contribution >= 4 is 44.9 Å². The summed E-state index contributed by atoms with van der Waals surface area (Å²) in [6, 6.07) is 33.3. The number of hydrogen-bond acceptors (Lipinski definition) is 12. The number of nitrogens with two attached hydrogens (primary N) is 1. The van der Waals surface area contributed by atoms with Gasteiger partial charge < -0.3 is 39.4 Å². The number of carbonyl (C=O) groups excluding carboxylic acids is 1. The van der Waals surface area contributed by atoms with Crippen LogP contribution in [0.25, 0.3) is 10.1 Å². The smallest absolute Gasteiger partial charge is 0.391 e. The number of nitrogens with one attached hydrogen (secondary N) is 2. The summed E-state index contributed by atoms with van der Waals surface area (Å²) in [6.45, 7) is 0.824. The summed E-state index contributed by atoms with van der Waals surface area (Å²) < 4.78 is 84.5. The molecule has 14 nitrogen and oxygen atoms in total. The first kappa shape index (κ1) is 42.6. The number of benzene rings is 5. The van der Waals surface area contributed by atoms with Crippen molar-refractivity contribution in [1.29, 1.82) is 5.26 Å². The lowest BCUT2D eigenvalue weighted by Crippen LogP contribution is -2.28. The van der Waals surface area contributed by atoms with E-state index in [0.717, 1.165) is 40.7 Å². The Balaban J connectivity index is 1.12. The molecule has 6 rings (SSSR count). The van der Waals surface area contributed by atoms with Crippen LogP contribution in [0.1, 0.15) is 27.0 Å². The van der Waals surface area contributed by atoms with Crippen molar-refractivity contribution in [1.82, 2.24) is 10.0 Å². The molecular formula is C41H38FN4O10PS2. The molecule has 306 valence electrons. The van der Waals surface area contributed by atoms with Gasteiger partial charge in [-0.2, -0.15) is 9.98 Å². The summed E-state index contributed by atoms with van der Waals surface area (Å²) in [4.78, 5) is 23.9. The fourth-order valence-corrected chi connectivity index (χ4v) is 9.42. The zero-order valence-electron chi connectivity index (χ0n) is 31.2. The Kier molecular flexibility index (Phi) is 14.2. The number of nitriles is 1. The third-order valence-corrected chi connectivity index (χ3v) is 12.5. The highest BCUT2D eigenvalue weighted by molar-refractivity contribution is 7.92. The van der Waals surface area contributed by atoms with E-state index in [-0.39, 0.29) is 77.9 Å². The lowest BCUT2D eigenvalue weighted by atomic mass is 10.1. The number of amides is 1. The van der Waals surface area contributed by atoms with Gasteiger partial charge in [-0.05, 0) is 52.9 Å². The van der Waals surface area contributed by atoms with Crippen LogP contribution < -0.4 is 39.2 Å². The molecule has 6 aromatic rings. The summed E-state index contributed by atoms with van der Waals surface area (Å²) in [5, 5.41) is 12.2. The Bertz CT molecular complexity index is 2610. The van der Waals surface area contributed by atoms with E-state index in [9.17, 15) is 27.1 Å². The van der Waals surface area contributed by atoms with Crippen LogP contribution >= 0.6 is 18.9 Å². The molecule has 0 bridgehead atoms. The number of carbonyl (C=O) groups is 1. The molecule has 0 aliphatic heterocycles. The molecule has 1 atom stereocenters. The number of para-hydroxylation sites is 1. The van der Waals surface area contributed by atoms with E-state index in [4.69, 9.17) is 34.5 Å². The Morgan fingerprint density at radius 2 is 1.51 bits per heavy atom. The largest absolute Gasteiger partial charge is 0.488 e. The highest BCUT2D eigenvalue weighted by atomic mass is 32.2. The fraction of sp³-hybridized carbons (Fsp3) is 0.171. The van der Waals surface area contributed by atoms with E-state index in [1.54, 1.807) is 36.4 Å². The lowest BCUT2D eigenvalue weighted by molar-refractivity contribution is 0.0941. The Morgan fingerprint density at radius 3 is 2.19 bits per heavy atom. The van der Waals surface area contributed by atoms with Crippen molar-refractivity contribution in [2.45, 2.75) is 17.4 Å². The summed E-state index contributed by atoms with van der Waals surface area (Å²) in [7, 11) is -8.99. The first-order valence-corrected chi connectivity index (χ1v) is 22.0. The van der Waals surface area contributed by atoms with Gasteiger partial charge in [0.05, 0.1) is 17.7 Å². The topological polar surface area (TPSA) is 209 Å². The molecule has 1 heterocycles. The van der Waals surface area contributed by atoms with Gasteiger partial charge in [-0.1, -0.05) is 66.7 Å². The third-order valence-electron chi connectivity index (χ3n) is 8.30. The molecule has 0 radical (unpaired) electrons. The number of halogens is 1. The van der Waals surface area contributed by atoms with Gasteiger partial charge in [-0.15, -0.1) is 11.3 Å². The van der Waals surface area contributed by atoms with E-state index in [1.807, 2.05) is 60.7 Å². The molecule has 0 fully saturated rings. The molecule has 59 heavy (non-hydrogen) atoms. The summed E-state index contributed by atoms with van der Waals surface area (Å²) in [5.41, 5.74) is 7.48. The highest BCUT2D eigenvalue weighted by Crippen LogP contribution is 2.43. The first-order valence-electron chi connectivity index (χ1n) is 17.9. The second-order valence-electron chi connectivity index (χ2n) is 12.6. The Labute approximate surface area is 343 Å². The zero-order valence-corrected chi connectivity index (χ0v) is 33.7. The van der Waals surface area contributed by atoms with Gasteiger partial charge in [-0.3, -0.25) is 4.79 Å². The van der Waals surface area contributed by atoms with Gasteiger partial charge in [0.1, 0.15) is 54.6 Å². The minimum absolute atomic E-state index is 0.00753. The van der Waals surface area contributed by atoms with E-state index >= 15 is 0 Å². The summed E-state index contributed by atoms with van der Waals surface area (Å²) in [5.74, 6) is -0.557. The number of fused-ring (bicyclic) bond motifs is 1.